The summed E-state index contributed by atoms with van der Waals surface area (Å²) >= 11 is 0. The lowest BCUT2D eigenvalue weighted by Crippen LogP contribution is -2.31. The van der Waals surface area contributed by atoms with Crippen LogP contribution in [0, 0.1) is 20.8 Å². The minimum atomic E-state index is 0.0499. The molecule has 3 aromatic rings. The van der Waals surface area contributed by atoms with Crippen LogP contribution in [0.3, 0.4) is 0 Å². The van der Waals surface area contributed by atoms with E-state index < -0.39 is 0 Å². The molecule has 0 radical (unpaired) electrons. The Bertz CT molecular complexity index is 914. The van der Waals surface area contributed by atoms with Crippen molar-refractivity contribution in [3.05, 3.63) is 52.7 Å². The van der Waals surface area contributed by atoms with Crippen LogP contribution in [0.4, 0.5) is 0 Å². The highest BCUT2D eigenvalue weighted by Gasteiger charge is 2.31. The molecule has 0 bridgehead atoms. The fourth-order valence-corrected chi connectivity index (χ4v) is 3.79. The van der Waals surface area contributed by atoms with Crippen LogP contribution < -0.4 is 0 Å². The number of carbonyl (C=O) groups is 1. The van der Waals surface area contributed by atoms with Crippen LogP contribution in [-0.4, -0.2) is 27.3 Å². The summed E-state index contributed by atoms with van der Waals surface area (Å²) in [5, 5.41) is 0. The molecule has 26 heavy (non-hydrogen) atoms. The molecule has 0 unspecified atom stereocenters. The predicted octanol–water partition coefficient (Wildman–Crippen LogP) is 4.38. The SMILES string of the molecule is Cc1ccc(CCC(=O)N2CCC[C@H]2c2nc3cc(C)c(C)cc3[nH]2)o1. The topological polar surface area (TPSA) is 62.1 Å². The van der Waals surface area contributed by atoms with E-state index in [-0.39, 0.29) is 11.9 Å². The second kappa shape index (κ2) is 6.63. The smallest absolute Gasteiger partial charge is 0.223 e. The number of H-pyrrole nitrogens is 1. The number of likely N-dealkylation sites (tertiary alicyclic amines) is 1. The second-order valence-corrected chi connectivity index (χ2v) is 7.33. The Morgan fingerprint density at radius 2 is 2.08 bits per heavy atom. The van der Waals surface area contributed by atoms with Gasteiger partial charge in [0.15, 0.2) is 0 Å². The average molecular weight is 351 g/mol. The van der Waals surface area contributed by atoms with Gasteiger partial charge in [0.1, 0.15) is 17.3 Å². The van der Waals surface area contributed by atoms with Gasteiger partial charge in [0.2, 0.25) is 5.91 Å². The van der Waals surface area contributed by atoms with E-state index in [2.05, 4.69) is 31.0 Å². The number of hydrogen-bond donors (Lipinski definition) is 1. The number of imidazole rings is 1. The summed E-state index contributed by atoms with van der Waals surface area (Å²) in [6.45, 7) is 6.94. The molecule has 2 aromatic heterocycles. The lowest BCUT2D eigenvalue weighted by Gasteiger charge is -2.23. The lowest BCUT2D eigenvalue weighted by molar-refractivity contribution is -0.132. The first-order chi connectivity index (χ1) is 12.5. The molecule has 1 aliphatic heterocycles. The maximum Gasteiger partial charge on any atom is 0.223 e. The number of furan rings is 1. The van der Waals surface area contributed by atoms with Gasteiger partial charge in [-0.25, -0.2) is 4.98 Å². The number of amides is 1. The predicted molar refractivity (Wildman–Crippen MR) is 101 cm³/mol. The minimum absolute atomic E-state index is 0.0499. The fourth-order valence-electron chi connectivity index (χ4n) is 3.79. The minimum Gasteiger partial charge on any atom is -0.466 e. The number of carbonyl (C=O) groups excluding carboxylic acids is 1. The molecular weight excluding hydrogens is 326 g/mol. The molecule has 5 heteroatoms. The van der Waals surface area contributed by atoms with Crippen molar-refractivity contribution < 1.29 is 9.21 Å². The zero-order valence-electron chi connectivity index (χ0n) is 15.6. The Morgan fingerprint density at radius 3 is 2.85 bits per heavy atom. The van der Waals surface area contributed by atoms with Gasteiger partial charge in [0.05, 0.1) is 17.1 Å². The van der Waals surface area contributed by atoms with E-state index in [1.54, 1.807) is 0 Å². The second-order valence-electron chi connectivity index (χ2n) is 7.33. The van der Waals surface area contributed by atoms with Crippen LogP contribution in [0.15, 0.2) is 28.7 Å². The van der Waals surface area contributed by atoms with Gasteiger partial charge in [0, 0.05) is 19.4 Å². The molecule has 0 spiro atoms. The number of nitrogens with zero attached hydrogens (tertiary/aromatic N) is 2. The number of hydrogen-bond acceptors (Lipinski definition) is 3. The molecule has 0 aliphatic carbocycles. The van der Waals surface area contributed by atoms with Crippen LogP contribution in [-0.2, 0) is 11.2 Å². The number of rotatable bonds is 4. The maximum absolute atomic E-state index is 12.8. The van der Waals surface area contributed by atoms with Crippen molar-refractivity contribution in [2.45, 2.75) is 52.5 Å². The summed E-state index contributed by atoms with van der Waals surface area (Å²) in [7, 11) is 0. The van der Waals surface area contributed by atoms with Gasteiger partial charge < -0.3 is 14.3 Å². The van der Waals surface area contributed by atoms with Crippen molar-refractivity contribution in [1.29, 1.82) is 0 Å². The van der Waals surface area contributed by atoms with Gasteiger partial charge >= 0.3 is 0 Å². The Labute approximate surface area is 153 Å². The van der Waals surface area contributed by atoms with Crippen LogP contribution >= 0.6 is 0 Å². The van der Waals surface area contributed by atoms with E-state index in [4.69, 9.17) is 9.40 Å². The van der Waals surface area contributed by atoms with Crippen molar-refractivity contribution >= 4 is 16.9 Å². The molecule has 0 saturated carbocycles. The molecule has 4 rings (SSSR count). The Hall–Kier alpha value is -2.56. The standard InChI is InChI=1S/C21H25N3O2/c1-13-11-17-18(12-14(13)2)23-21(22-17)19-5-4-10-24(19)20(25)9-8-16-7-6-15(3)26-16/h6-7,11-12,19H,4-5,8-10H2,1-3H3,(H,22,23)/t19-/m0/s1. The molecule has 1 N–H and O–H groups in total. The zero-order valence-corrected chi connectivity index (χ0v) is 15.6. The Kier molecular flexibility index (Phi) is 4.31. The maximum atomic E-state index is 12.8. The van der Waals surface area contributed by atoms with Crippen LogP contribution in [0.25, 0.3) is 11.0 Å². The molecule has 1 amide bonds. The summed E-state index contributed by atoms with van der Waals surface area (Å²) in [5.41, 5.74) is 4.52. The monoisotopic (exact) mass is 351 g/mol. The molecule has 3 heterocycles. The van der Waals surface area contributed by atoms with E-state index in [1.165, 1.54) is 11.1 Å². The van der Waals surface area contributed by atoms with Gasteiger partial charge in [-0.05, 0) is 69.0 Å². The van der Waals surface area contributed by atoms with Gasteiger partial charge in [0.25, 0.3) is 0 Å². The van der Waals surface area contributed by atoms with Crippen LogP contribution in [0.5, 0.6) is 0 Å². The molecule has 136 valence electrons. The van der Waals surface area contributed by atoms with E-state index >= 15 is 0 Å². The Morgan fingerprint density at radius 1 is 1.27 bits per heavy atom. The normalized spacial score (nSPS) is 17.3. The Balaban J connectivity index is 1.51. The zero-order chi connectivity index (χ0) is 18.3. The molecule has 5 nitrogen and oxygen atoms in total. The third-order valence-corrected chi connectivity index (χ3v) is 5.39. The third-order valence-electron chi connectivity index (χ3n) is 5.39. The van der Waals surface area contributed by atoms with Crippen molar-refractivity contribution in [1.82, 2.24) is 14.9 Å². The van der Waals surface area contributed by atoms with Crippen molar-refractivity contribution in [3.8, 4) is 0 Å². The average Bonchev–Trinajstić information content (AvgIpc) is 3.32. The van der Waals surface area contributed by atoms with Crippen LogP contribution in [0.2, 0.25) is 0 Å². The van der Waals surface area contributed by atoms with Gasteiger partial charge in [-0.15, -0.1) is 0 Å². The molecule has 1 atom stereocenters. The highest BCUT2D eigenvalue weighted by molar-refractivity contribution is 5.79. The quantitative estimate of drug-likeness (QED) is 0.759. The summed E-state index contributed by atoms with van der Waals surface area (Å²) < 4.78 is 5.58. The van der Waals surface area contributed by atoms with E-state index in [0.717, 1.165) is 47.8 Å². The summed E-state index contributed by atoms with van der Waals surface area (Å²) in [4.78, 5) is 23.0. The molecule has 1 aromatic carbocycles. The molecule has 1 fully saturated rings. The first kappa shape index (κ1) is 16.9. The summed E-state index contributed by atoms with van der Waals surface area (Å²) in [6, 6.07) is 8.20. The number of fused-ring (bicyclic) bond motifs is 1. The fraction of sp³-hybridized carbons (Fsp3) is 0.429. The summed E-state index contributed by atoms with van der Waals surface area (Å²) in [5.74, 6) is 2.85. The number of benzene rings is 1. The number of aromatic amines is 1. The number of aromatic nitrogens is 2. The third kappa shape index (κ3) is 3.14. The highest BCUT2D eigenvalue weighted by Crippen LogP contribution is 2.32. The van der Waals surface area contributed by atoms with Gasteiger partial charge in [-0.1, -0.05) is 0 Å². The van der Waals surface area contributed by atoms with E-state index in [9.17, 15) is 4.79 Å². The van der Waals surface area contributed by atoms with Crippen LogP contribution in [0.1, 0.15) is 53.8 Å². The van der Waals surface area contributed by atoms with E-state index in [0.29, 0.717) is 12.8 Å². The summed E-state index contributed by atoms with van der Waals surface area (Å²) in [6.07, 6.45) is 3.10. The number of nitrogens with one attached hydrogen (secondary N) is 1. The molecular formula is C21H25N3O2. The van der Waals surface area contributed by atoms with Crippen molar-refractivity contribution in [3.63, 3.8) is 0 Å². The lowest BCUT2D eigenvalue weighted by atomic mass is 10.1. The number of aryl methyl sites for hydroxylation is 4. The van der Waals surface area contributed by atoms with Crippen molar-refractivity contribution in [2.75, 3.05) is 6.54 Å². The first-order valence-corrected chi connectivity index (χ1v) is 9.33. The molecule has 1 saturated heterocycles. The largest absolute Gasteiger partial charge is 0.466 e. The molecule has 1 aliphatic rings. The first-order valence-electron chi connectivity index (χ1n) is 9.33. The highest BCUT2D eigenvalue weighted by atomic mass is 16.3. The van der Waals surface area contributed by atoms with Crippen molar-refractivity contribution in [2.24, 2.45) is 0 Å². The van der Waals surface area contributed by atoms with E-state index in [1.807, 2.05) is 24.0 Å². The van der Waals surface area contributed by atoms with Gasteiger partial charge in [-0.2, -0.15) is 0 Å². The van der Waals surface area contributed by atoms with Gasteiger partial charge in [-0.3, -0.25) is 4.79 Å².